The first kappa shape index (κ1) is 29.4. The Labute approximate surface area is 273 Å². The Morgan fingerprint density at radius 3 is 2.55 bits per heavy atom. The van der Waals surface area contributed by atoms with Crippen LogP contribution in [0, 0.1) is 11.6 Å². The van der Waals surface area contributed by atoms with Gasteiger partial charge in [-0.25, -0.2) is 8.78 Å². The molecule has 0 radical (unpaired) electrons. The summed E-state index contributed by atoms with van der Waals surface area (Å²) >= 11 is 1.50. The molecule has 0 spiro atoms. The molecule has 47 heavy (non-hydrogen) atoms. The molecule has 0 bridgehead atoms. The van der Waals surface area contributed by atoms with Crippen LogP contribution in [0.4, 0.5) is 13.8 Å². The Balaban J connectivity index is 1.39. The standard InChI is InChI=1S/C36H30F2N4O4S/c1-39(2)29-18-25-30-24(12-13-26(37)31(30)38)32(22-10-6-7-11-23(22)35(25)47-29)42-28-20-45-17-16-40(28)36(44)33-34(27(43)14-15-41(33)42)46-19-21-8-4-3-5-9-21/h3-15,18,28,32H,16-17,19-20H2,1-2H3/t28-,32?/m1/s1. The van der Waals surface area contributed by atoms with Crippen LogP contribution in [0.5, 0.6) is 5.75 Å². The largest absolute Gasteiger partial charge is 0.482 e. The zero-order chi connectivity index (χ0) is 32.4. The summed E-state index contributed by atoms with van der Waals surface area (Å²) in [5, 5.41) is 2.85. The van der Waals surface area contributed by atoms with Gasteiger partial charge in [0.25, 0.3) is 5.91 Å². The number of aromatic nitrogens is 1. The number of benzene rings is 3. The molecule has 1 fully saturated rings. The second-order valence-electron chi connectivity index (χ2n) is 11.9. The summed E-state index contributed by atoms with van der Waals surface area (Å²) in [6, 6.07) is 22.5. The highest BCUT2D eigenvalue weighted by atomic mass is 32.1. The van der Waals surface area contributed by atoms with Gasteiger partial charge in [0, 0.05) is 48.9 Å². The molecular formula is C36H30F2N4O4S. The second-order valence-corrected chi connectivity index (χ2v) is 13.0. The monoisotopic (exact) mass is 652 g/mol. The number of nitrogens with zero attached hydrogens (tertiary/aromatic N) is 4. The van der Waals surface area contributed by atoms with Crippen molar-refractivity contribution >= 4 is 22.2 Å². The summed E-state index contributed by atoms with van der Waals surface area (Å²) in [4.78, 5) is 32.1. The highest BCUT2D eigenvalue weighted by Gasteiger charge is 2.47. The van der Waals surface area contributed by atoms with Crippen molar-refractivity contribution < 1.29 is 23.0 Å². The molecule has 0 saturated carbocycles. The Bertz CT molecular complexity index is 2100. The average Bonchev–Trinajstić information content (AvgIpc) is 3.49. The first-order valence-corrected chi connectivity index (χ1v) is 16.1. The molecule has 4 heterocycles. The highest BCUT2D eigenvalue weighted by molar-refractivity contribution is 7.20. The van der Waals surface area contributed by atoms with Gasteiger partial charge in [-0.05, 0) is 34.4 Å². The maximum absolute atomic E-state index is 16.2. The summed E-state index contributed by atoms with van der Waals surface area (Å²) in [5.74, 6) is -2.33. The molecule has 5 aromatic rings. The topological polar surface area (TPSA) is 67.2 Å². The molecule has 3 aromatic carbocycles. The fraction of sp³-hybridized carbons (Fsp3) is 0.222. The van der Waals surface area contributed by atoms with E-state index in [-0.39, 0.29) is 42.7 Å². The molecule has 2 aliphatic heterocycles. The minimum absolute atomic E-state index is 0.0709. The van der Waals surface area contributed by atoms with Crippen molar-refractivity contribution in [2.45, 2.75) is 18.8 Å². The summed E-state index contributed by atoms with van der Waals surface area (Å²) in [6.45, 7) is 0.845. The van der Waals surface area contributed by atoms with Crippen LogP contribution in [-0.4, -0.2) is 55.5 Å². The number of carbonyl (C=O) groups is 1. The number of rotatable bonds is 5. The van der Waals surface area contributed by atoms with E-state index in [2.05, 4.69) is 0 Å². The third-order valence-electron chi connectivity index (χ3n) is 9.00. The van der Waals surface area contributed by atoms with Gasteiger partial charge in [0.2, 0.25) is 5.43 Å². The fourth-order valence-corrected chi connectivity index (χ4v) is 7.97. The average molecular weight is 653 g/mol. The van der Waals surface area contributed by atoms with Crippen LogP contribution in [0.1, 0.15) is 33.2 Å². The van der Waals surface area contributed by atoms with E-state index >= 15 is 8.78 Å². The maximum atomic E-state index is 16.2. The van der Waals surface area contributed by atoms with E-state index in [0.717, 1.165) is 32.6 Å². The zero-order valence-electron chi connectivity index (χ0n) is 25.7. The van der Waals surface area contributed by atoms with E-state index < -0.39 is 29.3 Å². The number of pyridine rings is 1. The molecule has 2 atom stereocenters. The van der Waals surface area contributed by atoms with Gasteiger partial charge in [0.05, 0.1) is 24.3 Å². The normalized spacial score (nSPS) is 18.0. The van der Waals surface area contributed by atoms with E-state index in [9.17, 15) is 9.59 Å². The second kappa shape index (κ2) is 11.4. The van der Waals surface area contributed by atoms with Gasteiger partial charge in [0.1, 0.15) is 12.8 Å². The van der Waals surface area contributed by atoms with Crippen molar-refractivity contribution in [1.29, 1.82) is 0 Å². The van der Waals surface area contributed by atoms with E-state index in [0.29, 0.717) is 17.7 Å². The molecule has 3 aliphatic rings. The summed E-state index contributed by atoms with van der Waals surface area (Å²) in [5.41, 5.74) is 3.46. The van der Waals surface area contributed by atoms with Gasteiger partial charge >= 0.3 is 0 Å². The predicted octanol–water partition coefficient (Wildman–Crippen LogP) is 6.02. The van der Waals surface area contributed by atoms with Crippen LogP contribution < -0.4 is 20.1 Å². The van der Waals surface area contributed by atoms with Crippen LogP contribution in [-0.2, 0) is 11.3 Å². The molecule has 2 aromatic heterocycles. The minimum atomic E-state index is -0.950. The maximum Gasteiger partial charge on any atom is 0.278 e. The number of fused-ring (bicyclic) bond motifs is 7. The van der Waals surface area contributed by atoms with Gasteiger partial charge in [-0.3, -0.25) is 19.3 Å². The molecule has 1 amide bonds. The van der Waals surface area contributed by atoms with Crippen molar-refractivity contribution in [2.24, 2.45) is 0 Å². The van der Waals surface area contributed by atoms with Crippen molar-refractivity contribution in [3.8, 4) is 27.3 Å². The first-order chi connectivity index (χ1) is 22.8. The van der Waals surface area contributed by atoms with Gasteiger partial charge in [-0.1, -0.05) is 60.7 Å². The molecule has 1 unspecified atom stereocenters. The molecule has 238 valence electrons. The van der Waals surface area contributed by atoms with Crippen LogP contribution in [0.2, 0.25) is 0 Å². The highest BCUT2D eigenvalue weighted by Crippen LogP contribution is 2.53. The lowest BCUT2D eigenvalue weighted by atomic mass is 9.91. The molecule has 11 heteroatoms. The Hall–Kier alpha value is -5.00. The van der Waals surface area contributed by atoms with E-state index in [4.69, 9.17) is 9.47 Å². The number of anilines is 1. The SMILES string of the molecule is CN(C)c1cc2c(s1)-c1ccccc1C(N1[C@@H]3COCCN3C(=O)c3c(OCc4ccccc4)c(=O)ccn31)c1ccc(F)c(F)c1-2. The van der Waals surface area contributed by atoms with Crippen molar-refractivity contribution in [3.63, 3.8) is 0 Å². The number of halogens is 2. The van der Waals surface area contributed by atoms with E-state index in [1.807, 2.05) is 84.7 Å². The molecule has 1 aliphatic carbocycles. The lowest BCUT2D eigenvalue weighted by Crippen LogP contribution is -2.66. The summed E-state index contributed by atoms with van der Waals surface area (Å²) in [7, 11) is 3.83. The quantitative estimate of drug-likeness (QED) is 0.232. The van der Waals surface area contributed by atoms with E-state index in [1.165, 1.54) is 17.4 Å². The first-order valence-electron chi connectivity index (χ1n) is 15.3. The van der Waals surface area contributed by atoms with Gasteiger partial charge in [-0.15, -0.1) is 11.3 Å². The van der Waals surface area contributed by atoms with E-state index in [1.54, 1.807) is 21.8 Å². The molecule has 0 N–H and O–H groups in total. The predicted molar refractivity (Wildman–Crippen MR) is 177 cm³/mol. The van der Waals surface area contributed by atoms with Gasteiger partial charge < -0.3 is 19.3 Å². The zero-order valence-corrected chi connectivity index (χ0v) is 26.5. The van der Waals surface area contributed by atoms with Crippen molar-refractivity contribution in [1.82, 2.24) is 9.58 Å². The number of morpholine rings is 1. The number of carbonyl (C=O) groups excluding carboxylic acids is 1. The molecule has 1 saturated heterocycles. The smallest absolute Gasteiger partial charge is 0.278 e. The Morgan fingerprint density at radius 2 is 1.74 bits per heavy atom. The third kappa shape index (κ3) is 4.63. The van der Waals surface area contributed by atoms with Crippen LogP contribution in [0.25, 0.3) is 21.6 Å². The fourth-order valence-electron chi connectivity index (χ4n) is 6.83. The number of hydrogen-bond donors (Lipinski definition) is 0. The van der Waals surface area contributed by atoms with Gasteiger partial charge in [-0.2, -0.15) is 0 Å². The van der Waals surface area contributed by atoms with Crippen LogP contribution in [0.3, 0.4) is 0 Å². The Kier molecular flexibility index (Phi) is 7.11. The Morgan fingerprint density at radius 1 is 0.957 bits per heavy atom. The molecule has 8 rings (SSSR count). The molecular weight excluding hydrogens is 622 g/mol. The van der Waals surface area contributed by atoms with Crippen molar-refractivity contribution in [2.75, 3.05) is 43.8 Å². The van der Waals surface area contributed by atoms with Gasteiger partial charge in [0.15, 0.2) is 23.1 Å². The number of hydrogen-bond acceptors (Lipinski definition) is 7. The number of amides is 1. The van der Waals surface area contributed by atoms with Crippen molar-refractivity contribution in [3.05, 3.63) is 129 Å². The minimum Gasteiger partial charge on any atom is -0.482 e. The van der Waals surface area contributed by atoms with Crippen LogP contribution in [0.15, 0.2) is 89.9 Å². The molecule has 8 nitrogen and oxygen atoms in total. The third-order valence-corrected chi connectivity index (χ3v) is 10.3. The summed E-state index contributed by atoms with van der Waals surface area (Å²) in [6.07, 6.45) is 0.935. The summed E-state index contributed by atoms with van der Waals surface area (Å²) < 4.78 is 45.1. The number of thiophene rings is 1. The number of ether oxygens (including phenoxy) is 2. The lowest BCUT2D eigenvalue weighted by Gasteiger charge is -2.51. The lowest BCUT2D eigenvalue weighted by molar-refractivity contribution is -0.0197. The van der Waals surface area contributed by atoms with Crippen LogP contribution >= 0.6 is 11.3 Å².